The number of hydrogen-bond acceptors (Lipinski definition) is 3. The van der Waals surface area contributed by atoms with Crippen LogP contribution in [-0.4, -0.2) is 42.1 Å². The van der Waals surface area contributed by atoms with Crippen LogP contribution in [0.3, 0.4) is 0 Å². The predicted molar refractivity (Wildman–Crippen MR) is 73.1 cm³/mol. The maximum atomic E-state index is 13.1. The topological polar surface area (TPSA) is 58.6 Å². The largest absolute Gasteiger partial charge is 0.378 e. The highest BCUT2D eigenvalue weighted by Gasteiger charge is 2.53. The predicted octanol–water partition coefficient (Wildman–Crippen LogP) is 1.47. The number of aryl methyl sites for hydroxylation is 1. The van der Waals surface area contributed by atoms with E-state index >= 15 is 0 Å². The van der Waals surface area contributed by atoms with E-state index < -0.39 is 5.54 Å². The molecule has 1 aromatic rings. The Bertz CT molecular complexity index is 570. The first-order chi connectivity index (χ1) is 10.1. The Labute approximate surface area is 122 Å². The SMILES string of the molecule is O=C1NC2(CCOC2)C(=O)N1CCCc1cccc(F)c1. The molecule has 1 atom stereocenters. The van der Waals surface area contributed by atoms with Crippen molar-refractivity contribution in [1.29, 1.82) is 0 Å². The Balaban J connectivity index is 1.58. The summed E-state index contributed by atoms with van der Waals surface area (Å²) in [4.78, 5) is 25.5. The fraction of sp³-hybridized carbons (Fsp3) is 0.467. The number of hydrogen-bond donors (Lipinski definition) is 1. The van der Waals surface area contributed by atoms with Crippen molar-refractivity contribution in [2.45, 2.75) is 24.8 Å². The Morgan fingerprint density at radius 1 is 1.38 bits per heavy atom. The van der Waals surface area contributed by atoms with E-state index in [1.165, 1.54) is 17.0 Å². The quantitative estimate of drug-likeness (QED) is 0.855. The van der Waals surface area contributed by atoms with E-state index in [2.05, 4.69) is 5.32 Å². The van der Waals surface area contributed by atoms with Gasteiger partial charge in [-0.05, 0) is 30.5 Å². The molecule has 2 heterocycles. The van der Waals surface area contributed by atoms with E-state index in [0.717, 1.165) is 5.56 Å². The molecule has 2 aliphatic heterocycles. The number of halogens is 1. The van der Waals surface area contributed by atoms with Gasteiger partial charge in [-0.15, -0.1) is 0 Å². The molecule has 1 N–H and O–H groups in total. The summed E-state index contributed by atoms with van der Waals surface area (Å²) in [7, 11) is 0. The van der Waals surface area contributed by atoms with Gasteiger partial charge >= 0.3 is 6.03 Å². The number of urea groups is 1. The smallest absolute Gasteiger partial charge is 0.325 e. The summed E-state index contributed by atoms with van der Waals surface area (Å²) in [5, 5.41) is 2.74. The van der Waals surface area contributed by atoms with Crippen LogP contribution in [0, 0.1) is 5.82 Å². The number of nitrogens with one attached hydrogen (secondary N) is 1. The Hall–Kier alpha value is -1.95. The molecular weight excluding hydrogens is 275 g/mol. The van der Waals surface area contributed by atoms with E-state index in [-0.39, 0.29) is 24.4 Å². The summed E-state index contributed by atoms with van der Waals surface area (Å²) in [6, 6.07) is 6.00. The first-order valence-electron chi connectivity index (χ1n) is 7.07. The molecule has 0 aliphatic carbocycles. The van der Waals surface area contributed by atoms with Gasteiger partial charge in [0.15, 0.2) is 0 Å². The number of ether oxygens (including phenoxy) is 1. The Morgan fingerprint density at radius 3 is 2.95 bits per heavy atom. The number of rotatable bonds is 4. The van der Waals surface area contributed by atoms with E-state index in [1.807, 2.05) is 6.07 Å². The standard InChI is InChI=1S/C15H17FN2O3/c16-12-5-1-3-11(9-12)4-2-7-18-13(19)15(17-14(18)20)6-8-21-10-15/h1,3,5,9H,2,4,6-8,10H2,(H,17,20). The fourth-order valence-electron chi connectivity index (χ4n) is 2.85. The minimum absolute atomic E-state index is 0.204. The summed E-state index contributed by atoms with van der Waals surface area (Å²) in [6.07, 6.45) is 1.76. The number of carbonyl (C=O) groups excluding carboxylic acids is 2. The van der Waals surface area contributed by atoms with Crippen molar-refractivity contribution in [1.82, 2.24) is 10.2 Å². The number of carbonyl (C=O) groups is 2. The zero-order valence-electron chi connectivity index (χ0n) is 11.6. The average molecular weight is 292 g/mol. The van der Waals surface area contributed by atoms with E-state index in [1.54, 1.807) is 6.07 Å². The highest BCUT2D eigenvalue weighted by molar-refractivity contribution is 6.07. The highest BCUT2D eigenvalue weighted by Crippen LogP contribution is 2.27. The van der Waals surface area contributed by atoms with Crippen molar-refractivity contribution in [3.8, 4) is 0 Å². The molecule has 21 heavy (non-hydrogen) atoms. The second-order valence-corrected chi connectivity index (χ2v) is 5.51. The first kappa shape index (κ1) is 14.0. The molecule has 3 rings (SSSR count). The third kappa shape index (κ3) is 2.63. The molecule has 0 bridgehead atoms. The van der Waals surface area contributed by atoms with E-state index in [0.29, 0.717) is 32.4 Å². The molecule has 112 valence electrons. The lowest BCUT2D eigenvalue weighted by atomic mass is 9.99. The van der Waals surface area contributed by atoms with Crippen molar-refractivity contribution >= 4 is 11.9 Å². The van der Waals surface area contributed by atoms with Crippen LogP contribution in [0.25, 0.3) is 0 Å². The van der Waals surface area contributed by atoms with Crippen LogP contribution in [0.2, 0.25) is 0 Å². The van der Waals surface area contributed by atoms with Crippen molar-refractivity contribution in [2.24, 2.45) is 0 Å². The summed E-state index contributed by atoms with van der Waals surface area (Å²) in [5.74, 6) is -0.478. The van der Waals surface area contributed by atoms with Crippen LogP contribution >= 0.6 is 0 Å². The molecule has 5 nitrogen and oxygen atoms in total. The van der Waals surface area contributed by atoms with Gasteiger partial charge in [0.05, 0.1) is 6.61 Å². The van der Waals surface area contributed by atoms with Crippen molar-refractivity contribution in [3.05, 3.63) is 35.6 Å². The van der Waals surface area contributed by atoms with Crippen molar-refractivity contribution in [2.75, 3.05) is 19.8 Å². The number of amides is 3. The van der Waals surface area contributed by atoms with Crippen LogP contribution < -0.4 is 5.32 Å². The monoisotopic (exact) mass is 292 g/mol. The van der Waals surface area contributed by atoms with Crippen LogP contribution in [0.1, 0.15) is 18.4 Å². The summed E-state index contributed by atoms with van der Waals surface area (Å²) in [5.41, 5.74) is 0.0108. The van der Waals surface area contributed by atoms with Gasteiger partial charge in [0.25, 0.3) is 5.91 Å². The van der Waals surface area contributed by atoms with Crippen LogP contribution in [0.4, 0.5) is 9.18 Å². The van der Waals surface area contributed by atoms with Gasteiger partial charge < -0.3 is 10.1 Å². The van der Waals surface area contributed by atoms with E-state index in [4.69, 9.17) is 4.74 Å². The molecule has 1 unspecified atom stereocenters. The Morgan fingerprint density at radius 2 is 2.24 bits per heavy atom. The summed E-state index contributed by atoms with van der Waals surface area (Å²) < 4.78 is 18.3. The van der Waals surface area contributed by atoms with Crippen molar-refractivity contribution in [3.63, 3.8) is 0 Å². The molecule has 0 saturated carbocycles. The van der Waals surface area contributed by atoms with Gasteiger partial charge in [-0.1, -0.05) is 12.1 Å². The fourth-order valence-corrected chi connectivity index (χ4v) is 2.85. The molecule has 2 aliphatic rings. The maximum Gasteiger partial charge on any atom is 0.325 e. The van der Waals surface area contributed by atoms with Gasteiger partial charge in [-0.3, -0.25) is 9.69 Å². The Kier molecular flexibility index (Phi) is 3.63. The second kappa shape index (κ2) is 5.44. The zero-order chi connectivity index (χ0) is 14.9. The number of nitrogens with zero attached hydrogens (tertiary/aromatic N) is 1. The molecule has 2 saturated heterocycles. The molecule has 2 fully saturated rings. The summed E-state index contributed by atoms with van der Waals surface area (Å²) >= 11 is 0. The second-order valence-electron chi connectivity index (χ2n) is 5.51. The first-order valence-corrected chi connectivity index (χ1v) is 7.07. The third-order valence-corrected chi connectivity index (χ3v) is 4.00. The van der Waals surface area contributed by atoms with Gasteiger partial charge in [0.2, 0.25) is 0 Å². The third-order valence-electron chi connectivity index (χ3n) is 4.00. The molecule has 0 aromatic heterocycles. The molecular formula is C15H17FN2O3. The van der Waals surface area contributed by atoms with Crippen LogP contribution in [0.5, 0.6) is 0 Å². The molecule has 1 aromatic carbocycles. The zero-order valence-corrected chi connectivity index (χ0v) is 11.6. The molecule has 0 radical (unpaired) electrons. The molecule has 3 amide bonds. The maximum absolute atomic E-state index is 13.1. The van der Waals surface area contributed by atoms with Gasteiger partial charge in [0.1, 0.15) is 11.4 Å². The van der Waals surface area contributed by atoms with Crippen LogP contribution in [-0.2, 0) is 16.0 Å². The highest BCUT2D eigenvalue weighted by atomic mass is 19.1. The van der Waals surface area contributed by atoms with E-state index in [9.17, 15) is 14.0 Å². The number of benzene rings is 1. The summed E-state index contributed by atoms with van der Waals surface area (Å²) in [6.45, 7) is 1.07. The normalized spacial score (nSPS) is 24.9. The van der Waals surface area contributed by atoms with Gasteiger partial charge in [0, 0.05) is 19.6 Å². The lowest BCUT2D eigenvalue weighted by molar-refractivity contribution is -0.131. The minimum atomic E-state index is -0.851. The number of imide groups is 1. The van der Waals surface area contributed by atoms with Gasteiger partial charge in [-0.25, -0.2) is 9.18 Å². The van der Waals surface area contributed by atoms with Gasteiger partial charge in [-0.2, -0.15) is 0 Å². The van der Waals surface area contributed by atoms with Crippen molar-refractivity contribution < 1.29 is 18.7 Å². The minimum Gasteiger partial charge on any atom is -0.378 e. The molecule has 1 spiro atoms. The lowest BCUT2D eigenvalue weighted by Crippen LogP contribution is -2.47. The average Bonchev–Trinajstić information content (AvgIpc) is 3.00. The van der Waals surface area contributed by atoms with Crippen LogP contribution in [0.15, 0.2) is 24.3 Å². The molecule has 6 heteroatoms. The lowest BCUT2D eigenvalue weighted by Gasteiger charge is -2.18.